The van der Waals surface area contributed by atoms with Gasteiger partial charge in [0.1, 0.15) is 0 Å². The van der Waals surface area contributed by atoms with E-state index in [1.807, 2.05) is 7.11 Å². The molecule has 2 fully saturated rings. The van der Waals surface area contributed by atoms with Gasteiger partial charge < -0.3 is 4.74 Å². The fraction of sp³-hybridized carbons (Fsp3) is 1.00. The number of rotatable bonds is 7. The highest BCUT2D eigenvalue weighted by molar-refractivity contribution is 4.91. The predicted molar refractivity (Wildman–Crippen MR) is 99.0 cm³/mol. The molecule has 2 rings (SSSR count). The Morgan fingerprint density at radius 2 is 1.74 bits per heavy atom. The lowest BCUT2D eigenvalue weighted by molar-refractivity contribution is 0.00497. The second kappa shape index (κ2) is 8.82. The first-order valence-corrected chi connectivity index (χ1v) is 9.94. The van der Waals surface area contributed by atoms with Crippen LogP contribution in [0, 0.1) is 5.92 Å². The highest BCUT2D eigenvalue weighted by Gasteiger charge is 2.33. The molecular weight excluding hydrogens is 284 g/mol. The molecule has 0 aromatic carbocycles. The number of hydrogen-bond donors (Lipinski definition) is 0. The van der Waals surface area contributed by atoms with E-state index in [0.29, 0.717) is 17.7 Å². The van der Waals surface area contributed by atoms with Gasteiger partial charge in [-0.15, -0.1) is 0 Å². The summed E-state index contributed by atoms with van der Waals surface area (Å²) in [4.78, 5) is 5.36. The van der Waals surface area contributed by atoms with Crippen molar-refractivity contribution in [2.24, 2.45) is 5.92 Å². The standard InChI is InChI=1S/C20H40N2O/c1-17(2)21-14-15-22(20(3,4)16-21)13-7-6-8-18-9-11-19(23-5)12-10-18/h17-19H,6-16H2,1-5H3/t18-,19-. The van der Waals surface area contributed by atoms with Crippen LogP contribution >= 0.6 is 0 Å². The summed E-state index contributed by atoms with van der Waals surface area (Å²) in [6.45, 7) is 14.5. The number of hydrogen-bond acceptors (Lipinski definition) is 3. The highest BCUT2D eigenvalue weighted by Crippen LogP contribution is 2.30. The lowest BCUT2D eigenvalue weighted by Gasteiger charge is -2.48. The van der Waals surface area contributed by atoms with Crippen LogP contribution in [0.5, 0.6) is 0 Å². The Balaban J connectivity index is 1.63. The van der Waals surface area contributed by atoms with Gasteiger partial charge in [-0.05, 0) is 72.3 Å². The summed E-state index contributed by atoms with van der Waals surface area (Å²) in [5, 5.41) is 0. The quantitative estimate of drug-likeness (QED) is 0.654. The van der Waals surface area contributed by atoms with Crippen molar-refractivity contribution < 1.29 is 4.74 Å². The van der Waals surface area contributed by atoms with Gasteiger partial charge >= 0.3 is 0 Å². The number of piperazine rings is 1. The second-order valence-corrected chi connectivity index (χ2v) is 8.74. The SMILES string of the molecule is CO[C@H]1CC[C@H](CCCCN2CCN(C(C)C)CC2(C)C)CC1. The van der Waals surface area contributed by atoms with Crippen molar-refractivity contribution in [2.45, 2.75) is 90.3 Å². The van der Waals surface area contributed by atoms with Crippen LogP contribution in [0.15, 0.2) is 0 Å². The van der Waals surface area contributed by atoms with Crippen LogP contribution in [-0.4, -0.2) is 60.8 Å². The van der Waals surface area contributed by atoms with E-state index < -0.39 is 0 Å². The summed E-state index contributed by atoms with van der Waals surface area (Å²) >= 11 is 0. The van der Waals surface area contributed by atoms with Gasteiger partial charge in [0, 0.05) is 38.3 Å². The fourth-order valence-corrected chi connectivity index (χ4v) is 4.48. The Labute approximate surface area is 144 Å². The van der Waals surface area contributed by atoms with E-state index in [9.17, 15) is 0 Å². The number of unbranched alkanes of at least 4 members (excludes halogenated alkanes) is 1. The summed E-state index contributed by atoms with van der Waals surface area (Å²) in [7, 11) is 1.87. The molecule has 0 bridgehead atoms. The van der Waals surface area contributed by atoms with Crippen LogP contribution in [0.4, 0.5) is 0 Å². The maximum Gasteiger partial charge on any atom is 0.0571 e. The molecule has 136 valence electrons. The molecule has 3 heteroatoms. The molecule has 1 saturated heterocycles. The molecule has 2 aliphatic rings. The molecule has 0 aromatic rings. The van der Waals surface area contributed by atoms with Crippen molar-refractivity contribution in [2.75, 3.05) is 33.3 Å². The molecule has 0 N–H and O–H groups in total. The van der Waals surface area contributed by atoms with Gasteiger partial charge in [0.05, 0.1) is 6.10 Å². The minimum atomic E-state index is 0.332. The van der Waals surface area contributed by atoms with Crippen molar-refractivity contribution in [3.63, 3.8) is 0 Å². The van der Waals surface area contributed by atoms with E-state index >= 15 is 0 Å². The van der Waals surface area contributed by atoms with E-state index in [-0.39, 0.29) is 0 Å². The van der Waals surface area contributed by atoms with E-state index in [4.69, 9.17) is 4.74 Å². The van der Waals surface area contributed by atoms with Crippen LogP contribution in [0.1, 0.15) is 72.6 Å². The molecule has 0 spiro atoms. The molecule has 0 atom stereocenters. The largest absolute Gasteiger partial charge is 0.381 e. The van der Waals surface area contributed by atoms with Gasteiger partial charge in [-0.2, -0.15) is 0 Å². The predicted octanol–water partition coefficient (Wildman–Crippen LogP) is 4.17. The first kappa shape index (κ1) is 19.2. The minimum Gasteiger partial charge on any atom is -0.381 e. The Morgan fingerprint density at radius 1 is 1.04 bits per heavy atom. The van der Waals surface area contributed by atoms with Crippen LogP contribution < -0.4 is 0 Å². The summed E-state index contributed by atoms with van der Waals surface area (Å²) in [6, 6.07) is 0.679. The van der Waals surface area contributed by atoms with Crippen LogP contribution in [-0.2, 0) is 4.74 Å². The number of ether oxygens (including phenoxy) is 1. The minimum absolute atomic E-state index is 0.332. The summed E-state index contributed by atoms with van der Waals surface area (Å²) < 4.78 is 5.48. The molecule has 0 unspecified atom stereocenters. The lowest BCUT2D eigenvalue weighted by atomic mass is 9.84. The van der Waals surface area contributed by atoms with E-state index in [0.717, 1.165) is 5.92 Å². The van der Waals surface area contributed by atoms with Gasteiger partial charge in [0.15, 0.2) is 0 Å². The Kier molecular flexibility index (Phi) is 7.37. The van der Waals surface area contributed by atoms with Gasteiger partial charge in [0.2, 0.25) is 0 Å². The maximum absolute atomic E-state index is 5.48. The van der Waals surface area contributed by atoms with Crippen molar-refractivity contribution in [3.8, 4) is 0 Å². The zero-order valence-electron chi connectivity index (χ0n) is 16.3. The van der Waals surface area contributed by atoms with Crippen LogP contribution in [0.2, 0.25) is 0 Å². The second-order valence-electron chi connectivity index (χ2n) is 8.74. The van der Waals surface area contributed by atoms with E-state index in [2.05, 4.69) is 37.5 Å². The summed E-state index contributed by atoms with van der Waals surface area (Å²) in [6.07, 6.45) is 10.1. The molecule has 0 radical (unpaired) electrons. The maximum atomic E-state index is 5.48. The Bertz CT molecular complexity index is 335. The van der Waals surface area contributed by atoms with Crippen molar-refractivity contribution >= 4 is 0 Å². The fourth-order valence-electron chi connectivity index (χ4n) is 4.48. The Morgan fingerprint density at radius 3 is 2.30 bits per heavy atom. The van der Waals surface area contributed by atoms with Crippen LogP contribution in [0.3, 0.4) is 0 Å². The average Bonchev–Trinajstić information content (AvgIpc) is 2.52. The third kappa shape index (κ3) is 5.72. The van der Waals surface area contributed by atoms with Crippen LogP contribution in [0.25, 0.3) is 0 Å². The van der Waals surface area contributed by atoms with Gasteiger partial charge in [-0.1, -0.05) is 12.8 Å². The monoisotopic (exact) mass is 324 g/mol. The summed E-state index contributed by atoms with van der Waals surface area (Å²) in [5.41, 5.74) is 0.332. The zero-order valence-corrected chi connectivity index (χ0v) is 16.3. The third-order valence-electron chi connectivity index (χ3n) is 6.25. The van der Waals surface area contributed by atoms with Crippen molar-refractivity contribution in [1.82, 2.24) is 9.80 Å². The normalized spacial score (nSPS) is 30.0. The zero-order chi connectivity index (χ0) is 16.9. The van der Waals surface area contributed by atoms with Gasteiger partial charge in [-0.25, -0.2) is 0 Å². The Hall–Kier alpha value is -0.120. The van der Waals surface area contributed by atoms with E-state index in [1.165, 1.54) is 71.1 Å². The van der Waals surface area contributed by atoms with E-state index in [1.54, 1.807) is 0 Å². The smallest absolute Gasteiger partial charge is 0.0571 e. The molecule has 1 aliphatic heterocycles. The molecular formula is C20H40N2O. The van der Waals surface area contributed by atoms with Gasteiger partial charge in [0.25, 0.3) is 0 Å². The molecule has 3 nitrogen and oxygen atoms in total. The average molecular weight is 325 g/mol. The van der Waals surface area contributed by atoms with Crippen molar-refractivity contribution in [3.05, 3.63) is 0 Å². The molecule has 1 aliphatic carbocycles. The molecule has 0 amide bonds. The van der Waals surface area contributed by atoms with Crippen molar-refractivity contribution in [1.29, 1.82) is 0 Å². The first-order chi connectivity index (χ1) is 10.9. The lowest BCUT2D eigenvalue weighted by Crippen LogP contribution is -2.60. The first-order valence-electron chi connectivity index (χ1n) is 9.94. The number of methoxy groups -OCH3 is 1. The topological polar surface area (TPSA) is 15.7 Å². The molecule has 0 aromatic heterocycles. The molecule has 1 saturated carbocycles. The molecule has 1 heterocycles. The third-order valence-corrected chi connectivity index (χ3v) is 6.25. The number of nitrogens with zero attached hydrogens (tertiary/aromatic N) is 2. The summed E-state index contributed by atoms with van der Waals surface area (Å²) in [5.74, 6) is 0.965. The van der Waals surface area contributed by atoms with Gasteiger partial charge in [-0.3, -0.25) is 9.80 Å². The highest BCUT2D eigenvalue weighted by atomic mass is 16.5. The molecule has 23 heavy (non-hydrogen) atoms.